The van der Waals surface area contributed by atoms with E-state index in [-0.39, 0.29) is 36.6 Å². The van der Waals surface area contributed by atoms with Crippen molar-refractivity contribution in [1.82, 2.24) is 0 Å². The van der Waals surface area contributed by atoms with Crippen LogP contribution in [0, 0.1) is 23.2 Å². The highest BCUT2D eigenvalue weighted by Crippen LogP contribution is 2.68. The van der Waals surface area contributed by atoms with Gasteiger partial charge in [-0.2, -0.15) is 0 Å². The van der Waals surface area contributed by atoms with Crippen molar-refractivity contribution in [2.24, 2.45) is 23.2 Å². The number of fused-ring (bicyclic) bond motifs is 5. The second kappa shape index (κ2) is 8.98. The molecule has 2 fully saturated rings. The average Bonchev–Trinajstić information content (AvgIpc) is 3.06. The van der Waals surface area contributed by atoms with Gasteiger partial charge in [0.1, 0.15) is 12.4 Å². The molecule has 5 rings (SSSR count). The summed E-state index contributed by atoms with van der Waals surface area (Å²) in [5.74, 6) is -1.78. The lowest BCUT2D eigenvalue weighted by atomic mass is 9.53. The van der Waals surface area contributed by atoms with E-state index in [2.05, 4.69) is 24.3 Å². The summed E-state index contributed by atoms with van der Waals surface area (Å²) in [5, 5.41) is 0. The summed E-state index contributed by atoms with van der Waals surface area (Å²) >= 11 is 0. The summed E-state index contributed by atoms with van der Waals surface area (Å²) in [4.78, 5) is 11.8. The molecular weight excluding hydrogens is 434 g/mol. The molecule has 0 saturated heterocycles. The Balaban J connectivity index is 1.36. The number of aryl methyl sites for hydroxylation is 1. The maximum atomic E-state index is 15.3. The fourth-order valence-corrected chi connectivity index (χ4v) is 7.31. The number of hydrogen-bond acceptors (Lipinski definition) is 3. The average molecular weight is 469 g/mol. The monoisotopic (exact) mass is 468 g/mol. The van der Waals surface area contributed by atoms with Crippen LogP contribution in [0.4, 0.5) is 8.78 Å². The number of carbonyl (C=O) groups is 1. The van der Waals surface area contributed by atoms with Gasteiger partial charge in [0.2, 0.25) is 0 Å². The Labute approximate surface area is 200 Å². The first kappa shape index (κ1) is 23.3. The van der Waals surface area contributed by atoms with E-state index < -0.39 is 11.3 Å². The van der Waals surface area contributed by atoms with Gasteiger partial charge in [0, 0.05) is 18.3 Å². The van der Waals surface area contributed by atoms with Gasteiger partial charge >= 0.3 is 5.97 Å². The summed E-state index contributed by atoms with van der Waals surface area (Å²) in [6.45, 7) is 2.34. The van der Waals surface area contributed by atoms with Crippen LogP contribution in [-0.4, -0.2) is 19.0 Å². The van der Waals surface area contributed by atoms with Gasteiger partial charge in [-0.1, -0.05) is 43.3 Å². The number of alkyl halides is 2. The third kappa shape index (κ3) is 4.01. The summed E-state index contributed by atoms with van der Waals surface area (Å²) < 4.78 is 41.5. The van der Waals surface area contributed by atoms with Crippen molar-refractivity contribution >= 4 is 5.97 Å². The SMILES string of the molecule is COC(=O)CC[C@@H]1CC(F)(F)[C@@]2(C)CC[C@@H]3c4ccc(OCc5ccccc5)cc4CC[C@H]3[C@H]12. The van der Waals surface area contributed by atoms with Gasteiger partial charge in [-0.15, -0.1) is 0 Å². The maximum absolute atomic E-state index is 15.3. The zero-order valence-corrected chi connectivity index (χ0v) is 20.1. The molecule has 3 nitrogen and oxygen atoms in total. The zero-order valence-electron chi connectivity index (χ0n) is 20.1. The lowest BCUT2D eigenvalue weighted by Gasteiger charge is -2.51. The Morgan fingerprint density at radius 1 is 1.12 bits per heavy atom. The van der Waals surface area contributed by atoms with Gasteiger partial charge < -0.3 is 9.47 Å². The van der Waals surface area contributed by atoms with Crippen molar-refractivity contribution in [3.8, 4) is 5.75 Å². The van der Waals surface area contributed by atoms with Crippen molar-refractivity contribution in [3.05, 3.63) is 65.2 Å². The van der Waals surface area contributed by atoms with E-state index in [1.54, 1.807) is 0 Å². The van der Waals surface area contributed by atoms with Crippen LogP contribution in [-0.2, 0) is 22.6 Å². The maximum Gasteiger partial charge on any atom is 0.305 e. The molecule has 0 spiro atoms. The Bertz CT molecular complexity index is 1040. The molecule has 34 heavy (non-hydrogen) atoms. The van der Waals surface area contributed by atoms with Gasteiger partial charge in [-0.05, 0) is 84.6 Å². The lowest BCUT2D eigenvalue weighted by molar-refractivity contribution is -0.141. The molecule has 0 amide bonds. The van der Waals surface area contributed by atoms with Gasteiger partial charge in [-0.25, -0.2) is 8.78 Å². The zero-order chi connectivity index (χ0) is 23.9. The second-order valence-corrected chi connectivity index (χ2v) is 10.7. The molecular formula is C29H34F2O3. The molecule has 0 bridgehead atoms. The van der Waals surface area contributed by atoms with E-state index in [9.17, 15) is 4.79 Å². The van der Waals surface area contributed by atoms with Crippen LogP contribution in [0.1, 0.15) is 68.1 Å². The summed E-state index contributed by atoms with van der Waals surface area (Å²) in [7, 11) is 1.36. The molecule has 2 aromatic carbocycles. The first-order valence-corrected chi connectivity index (χ1v) is 12.6. The Morgan fingerprint density at radius 2 is 1.91 bits per heavy atom. The predicted molar refractivity (Wildman–Crippen MR) is 127 cm³/mol. The highest BCUT2D eigenvalue weighted by molar-refractivity contribution is 5.69. The van der Waals surface area contributed by atoms with Crippen LogP contribution in [0.3, 0.4) is 0 Å². The second-order valence-electron chi connectivity index (χ2n) is 10.7. The fourth-order valence-electron chi connectivity index (χ4n) is 7.31. The van der Waals surface area contributed by atoms with Crippen LogP contribution < -0.4 is 4.74 Å². The van der Waals surface area contributed by atoms with Gasteiger partial charge in [-0.3, -0.25) is 4.79 Å². The standard InChI is InChI=1S/C29H34F2O3/c1-28-15-14-24-23-12-10-22(34-18-19-6-4-3-5-7-19)16-20(23)8-11-25(24)27(28)21(17-29(28,30)31)9-13-26(32)33-2/h3-7,10,12,16,21,24-25,27H,8-9,11,13-15,17-18H2,1-2H3/t21-,24-,25-,27+,28+/m1/s1. The third-order valence-corrected chi connectivity index (χ3v) is 9.01. The topological polar surface area (TPSA) is 35.5 Å². The normalized spacial score (nSPS) is 31.2. The summed E-state index contributed by atoms with van der Waals surface area (Å²) in [5.41, 5.74) is 2.76. The molecule has 3 aliphatic rings. The van der Waals surface area contributed by atoms with Gasteiger partial charge in [0.05, 0.1) is 7.11 Å². The smallest absolute Gasteiger partial charge is 0.305 e. The number of benzene rings is 2. The largest absolute Gasteiger partial charge is 0.489 e. The molecule has 5 heteroatoms. The van der Waals surface area contributed by atoms with Gasteiger partial charge in [0.25, 0.3) is 5.92 Å². The highest BCUT2D eigenvalue weighted by Gasteiger charge is 2.67. The van der Waals surface area contributed by atoms with Crippen LogP contribution in [0.25, 0.3) is 0 Å². The molecule has 0 N–H and O–H groups in total. The number of carbonyl (C=O) groups excluding carboxylic acids is 1. The summed E-state index contributed by atoms with van der Waals surface area (Å²) in [6, 6.07) is 16.5. The highest BCUT2D eigenvalue weighted by atomic mass is 19.3. The van der Waals surface area contributed by atoms with Crippen molar-refractivity contribution in [1.29, 1.82) is 0 Å². The van der Waals surface area contributed by atoms with Crippen molar-refractivity contribution in [3.63, 3.8) is 0 Å². The van der Waals surface area contributed by atoms with Crippen molar-refractivity contribution in [2.45, 2.75) is 70.3 Å². The molecule has 3 aliphatic carbocycles. The minimum atomic E-state index is -2.68. The Hall–Kier alpha value is -2.43. The van der Waals surface area contributed by atoms with E-state index in [0.29, 0.717) is 25.4 Å². The Kier molecular flexibility index (Phi) is 6.16. The molecule has 2 aromatic rings. The van der Waals surface area contributed by atoms with Crippen LogP contribution in [0.15, 0.2) is 48.5 Å². The first-order valence-electron chi connectivity index (χ1n) is 12.6. The van der Waals surface area contributed by atoms with E-state index in [1.165, 1.54) is 18.2 Å². The van der Waals surface area contributed by atoms with E-state index in [1.807, 2.05) is 31.2 Å². The number of hydrogen-bond donors (Lipinski definition) is 0. The van der Waals surface area contributed by atoms with Crippen molar-refractivity contribution in [2.75, 3.05) is 7.11 Å². The van der Waals surface area contributed by atoms with E-state index in [4.69, 9.17) is 9.47 Å². The van der Waals surface area contributed by atoms with Gasteiger partial charge in [0.15, 0.2) is 0 Å². The fraction of sp³-hybridized carbons (Fsp3) is 0.552. The van der Waals surface area contributed by atoms with Crippen molar-refractivity contribution < 1.29 is 23.0 Å². The van der Waals surface area contributed by atoms with Crippen LogP contribution in [0.2, 0.25) is 0 Å². The molecule has 0 aromatic heterocycles. The summed E-state index contributed by atoms with van der Waals surface area (Å²) in [6.07, 6.45) is 3.75. The van der Waals surface area contributed by atoms with Crippen LogP contribution >= 0.6 is 0 Å². The van der Waals surface area contributed by atoms with Crippen LogP contribution in [0.5, 0.6) is 5.75 Å². The molecule has 2 saturated carbocycles. The number of esters is 1. The molecule has 182 valence electrons. The lowest BCUT2D eigenvalue weighted by Crippen LogP contribution is -2.47. The molecule has 0 radical (unpaired) electrons. The molecule has 5 atom stereocenters. The minimum Gasteiger partial charge on any atom is -0.489 e. The number of rotatable bonds is 6. The quantitative estimate of drug-likeness (QED) is 0.431. The number of halogens is 2. The number of ether oxygens (including phenoxy) is 2. The molecule has 0 aliphatic heterocycles. The van der Waals surface area contributed by atoms with E-state index >= 15 is 8.78 Å². The molecule has 0 unspecified atom stereocenters. The van der Waals surface area contributed by atoms with E-state index in [0.717, 1.165) is 30.6 Å². The Morgan fingerprint density at radius 3 is 2.68 bits per heavy atom. The molecule has 0 heterocycles. The predicted octanol–water partition coefficient (Wildman–Crippen LogP) is 6.94. The number of methoxy groups -OCH3 is 1. The minimum absolute atomic E-state index is 0.0620. The third-order valence-electron chi connectivity index (χ3n) is 9.01. The first-order chi connectivity index (χ1) is 16.3.